The highest BCUT2D eigenvalue weighted by atomic mass is 35.5. The first kappa shape index (κ1) is 20.5. The summed E-state index contributed by atoms with van der Waals surface area (Å²) in [5.41, 5.74) is 1.60. The van der Waals surface area contributed by atoms with Crippen LogP contribution in [0.25, 0.3) is 11.3 Å². The van der Waals surface area contributed by atoms with Gasteiger partial charge in [0.15, 0.2) is 5.13 Å². The van der Waals surface area contributed by atoms with E-state index >= 15 is 0 Å². The monoisotopic (exact) mass is 397 g/mol. The molecule has 0 saturated carbocycles. The van der Waals surface area contributed by atoms with E-state index in [0.717, 1.165) is 48.7 Å². The van der Waals surface area contributed by atoms with Crippen LogP contribution in [-0.2, 0) is 4.79 Å². The molecule has 142 valence electrons. The largest absolute Gasteiger partial charge is 0.497 e. The minimum absolute atomic E-state index is 0. The molecule has 1 aromatic carbocycles. The Kier molecular flexibility index (Phi) is 7.68. The fourth-order valence-corrected chi connectivity index (χ4v) is 3.67. The van der Waals surface area contributed by atoms with Gasteiger partial charge in [-0.15, -0.1) is 23.7 Å². The van der Waals surface area contributed by atoms with Gasteiger partial charge in [0.05, 0.1) is 19.9 Å². The second-order valence-electron chi connectivity index (χ2n) is 6.05. The van der Waals surface area contributed by atoms with Crippen molar-refractivity contribution in [3.05, 3.63) is 23.6 Å². The number of nitrogens with one attached hydrogen (secondary N) is 2. The van der Waals surface area contributed by atoms with Crippen LogP contribution < -0.4 is 20.1 Å². The molecule has 0 bridgehead atoms. The normalized spacial score (nSPS) is 16.0. The van der Waals surface area contributed by atoms with Crippen LogP contribution in [0, 0.1) is 5.92 Å². The van der Waals surface area contributed by atoms with Gasteiger partial charge < -0.3 is 20.1 Å². The SMILES string of the molecule is COc1ccc(OC)c(-c2csc(NC(=O)CCC3CCNC3)n2)c1.Cl. The molecule has 0 radical (unpaired) electrons. The van der Waals surface area contributed by atoms with Crippen LogP contribution in [0.15, 0.2) is 23.6 Å². The number of rotatable bonds is 7. The van der Waals surface area contributed by atoms with Crippen molar-refractivity contribution in [2.24, 2.45) is 5.92 Å². The standard InChI is InChI=1S/C18H23N3O3S.ClH/c1-23-13-4-5-16(24-2)14(9-13)15-11-25-18(20-15)21-17(22)6-3-12-7-8-19-10-12;/h4-5,9,11-12,19H,3,6-8,10H2,1-2H3,(H,20,21,22);1H. The molecule has 1 fully saturated rings. The fraction of sp³-hybridized carbons (Fsp3) is 0.444. The van der Waals surface area contributed by atoms with Gasteiger partial charge in [0, 0.05) is 17.4 Å². The number of anilines is 1. The van der Waals surface area contributed by atoms with Gasteiger partial charge in [-0.3, -0.25) is 4.79 Å². The van der Waals surface area contributed by atoms with Crippen molar-refractivity contribution in [2.75, 3.05) is 32.6 Å². The zero-order valence-corrected chi connectivity index (χ0v) is 16.5. The third kappa shape index (κ3) is 5.09. The molecule has 26 heavy (non-hydrogen) atoms. The Morgan fingerprint density at radius 1 is 1.38 bits per heavy atom. The molecule has 1 saturated heterocycles. The summed E-state index contributed by atoms with van der Waals surface area (Å²) in [6.45, 7) is 2.08. The number of carbonyl (C=O) groups excluding carboxylic acids is 1. The molecule has 0 aliphatic carbocycles. The first-order valence-corrected chi connectivity index (χ1v) is 9.26. The van der Waals surface area contributed by atoms with Gasteiger partial charge in [-0.2, -0.15) is 0 Å². The van der Waals surface area contributed by atoms with Crippen molar-refractivity contribution < 1.29 is 14.3 Å². The Labute approximate surface area is 163 Å². The van der Waals surface area contributed by atoms with E-state index in [9.17, 15) is 4.79 Å². The lowest BCUT2D eigenvalue weighted by Crippen LogP contribution is -2.14. The molecule has 1 unspecified atom stereocenters. The molecule has 8 heteroatoms. The lowest BCUT2D eigenvalue weighted by molar-refractivity contribution is -0.116. The average Bonchev–Trinajstić information content (AvgIpc) is 3.31. The second kappa shape index (κ2) is 9.75. The molecule has 1 aromatic heterocycles. The predicted molar refractivity (Wildman–Crippen MR) is 107 cm³/mol. The summed E-state index contributed by atoms with van der Waals surface area (Å²) < 4.78 is 10.7. The zero-order chi connectivity index (χ0) is 17.6. The Bertz CT molecular complexity index is 732. The number of amides is 1. The molecular weight excluding hydrogens is 374 g/mol. The lowest BCUT2D eigenvalue weighted by Gasteiger charge is -2.08. The third-order valence-corrected chi connectivity index (χ3v) is 5.13. The van der Waals surface area contributed by atoms with Crippen molar-refractivity contribution in [3.8, 4) is 22.8 Å². The average molecular weight is 398 g/mol. The van der Waals surface area contributed by atoms with E-state index in [4.69, 9.17) is 9.47 Å². The van der Waals surface area contributed by atoms with Crippen LogP contribution >= 0.6 is 23.7 Å². The number of carbonyl (C=O) groups is 1. The number of hydrogen-bond donors (Lipinski definition) is 2. The first-order valence-electron chi connectivity index (χ1n) is 8.38. The highest BCUT2D eigenvalue weighted by Gasteiger charge is 2.17. The number of aromatic nitrogens is 1. The fourth-order valence-electron chi connectivity index (χ4n) is 2.95. The Balaban J connectivity index is 0.00000243. The van der Waals surface area contributed by atoms with Gasteiger partial charge in [-0.1, -0.05) is 0 Å². The molecule has 2 N–H and O–H groups in total. The van der Waals surface area contributed by atoms with E-state index < -0.39 is 0 Å². The topological polar surface area (TPSA) is 72.5 Å². The van der Waals surface area contributed by atoms with Crippen LogP contribution in [0.1, 0.15) is 19.3 Å². The zero-order valence-electron chi connectivity index (χ0n) is 14.9. The molecule has 3 rings (SSSR count). The highest BCUT2D eigenvalue weighted by Crippen LogP contribution is 2.35. The molecule has 0 spiro atoms. The van der Waals surface area contributed by atoms with Crippen molar-refractivity contribution in [2.45, 2.75) is 19.3 Å². The molecule has 1 amide bonds. The predicted octanol–water partition coefficient (Wildman–Crippen LogP) is 3.58. The van der Waals surface area contributed by atoms with Crippen LogP contribution in [0.2, 0.25) is 0 Å². The van der Waals surface area contributed by atoms with Crippen molar-refractivity contribution in [1.82, 2.24) is 10.3 Å². The lowest BCUT2D eigenvalue weighted by atomic mass is 10.0. The molecule has 6 nitrogen and oxygen atoms in total. The summed E-state index contributed by atoms with van der Waals surface area (Å²) in [6, 6.07) is 5.57. The number of halogens is 1. The van der Waals surface area contributed by atoms with Crippen LogP contribution in [-0.4, -0.2) is 38.2 Å². The maximum Gasteiger partial charge on any atom is 0.226 e. The van der Waals surface area contributed by atoms with Crippen molar-refractivity contribution in [3.63, 3.8) is 0 Å². The molecule has 2 heterocycles. The van der Waals surface area contributed by atoms with Crippen LogP contribution in [0.4, 0.5) is 5.13 Å². The minimum atomic E-state index is 0. The maximum absolute atomic E-state index is 12.1. The quantitative estimate of drug-likeness (QED) is 0.747. The van der Waals surface area contributed by atoms with Gasteiger partial charge in [0.1, 0.15) is 11.5 Å². The van der Waals surface area contributed by atoms with Crippen molar-refractivity contribution >= 4 is 34.8 Å². The smallest absolute Gasteiger partial charge is 0.226 e. The van der Waals surface area contributed by atoms with Crippen molar-refractivity contribution in [1.29, 1.82) is 0 Å². The molecule has 2 aromatic rings. The number of hydrogen-bond acceptors (Lipinski definition) is 6. The molecular formula is C18H24ClN3O3S. The molecule has 1 aliphatic rings. The maximum atomic E-state index is 12.1. The van der Waals surface area contributed by atoms with Gasteiger partial charge in [-0.25, -0.2) is 4.98 Å². The van der Waals surface area contributed by atoms with Crippen LogP contribution in [0.5, 0.6) is 11.5 Å². The highest BCUT2D eigenvalue weighted by molar-refractivity contribution is 7.14. The molecule has 1 aliphatic heterocycles. The van der Waals surface area contributed by atoms with Gasteiger partial charge in [-0.05, 0) is 50.0 Å². The third-order valence-electron chi connectivity index (χ3n) is 4.38. The summed E-state index contributed by atoms with van der Waals surface area (Å²) in [7, 11) is 3.25. The number of nitrogens with zero attached hydrogens (tertiary/aromatic N) is 1. The number of thiazole rings is 1. The summed E-state index contributed by atoms with van der Waals surface area (Å²) in [5.74, 6) is 2.08. The Morgan fingerprint density at radius 2 is 2.23 bits per heavy atom. The Hall–Kier alpha value is -1.83. The van der Waals surface area contributed by atoms with Gasteiger partial charge in [0.25, 0.3) is 0 Å². The molecule has 1 atom stereocenters. The van der Waals surface area contributed by atoms with Gasteiger partial charge >= 0.3 is 0 Å². The van der Waals surface area contributed by atoms with E-state index in [1.165, 1.54) is 11.3 Å². The number of methoxy groups -OCH3 is 2. The van der Waals surface area contributed by atoms with E-state index in [1.54, 1.807) is 14.2 Å². The summed E-state index contributed by atoms with van der Waals surface area (Å²) >= 11 is 1.41. The van der Waals surface area contributed by atoms with Gasteiger partial charge in [0.2, 0.25) is 5.91 Å². The summed E-state index contributed by atoms with van der Waals surface area (Å²) in [4.78, 5) is 16.7. The summed E-state index contributed by atoms with van der Waals surface area (Å²) in [5, 5.41) is 8.74. The summed E-state index contributed by atoms with van der Waals surface area (Å²) in [6.07, 6.45) is 2.61. The first-order chi connectivity index (χ1) is 12.2. The van der Waals surface area contributed by atoms with Crippen LogP contribution in [0.3, 0.4) is 0 Å². The van der Waals surface area contributed by atoms with E-state index in [-0.39, 0.29) is 18.3 Å². The second-order valence-corrected chi connectivity index (χ2v) is 6.91. The Morgan fingerprint density at radius 3 is 2.92 bits per heavy atom. The minimum Gasteiger partial charge on any atom is -0.497 e. The van der Waals surface area contributed by atoms with E-state index in [0.29, 0.717) is 17.5 Å². The van der Waals surface area contributed by atoms with E-state index in [2.05, 4.69) is 15.6 Å². The van der Waals surface area contributed by atoms with E-state index in [1.807, 2.05) is 23.6 Å². The number of ether oxygens (including phenoxy) is 2. The number of benzene rings is 1.